The van der Waals surface area contributed by atoms with Crippen LogP contribution in [-0.2, 0) is 4.79 Å². The van der Waals surface area contributed by atoms with Gasteiger partial charge >= 0.3 is 0 Å². The van der Waals surface area contributed by atoms with Crippen molar-refractivity contribution in [1.29, 1.82) is 0 Å². The van der Waals surface area contributed by atoms with E-state index < -0.39 is 0 Å². The highest BCUT2D eigenvalue weighted by Crippen LogP contribution is 2.33. The molecule has 136 valence electrons. The van der Waals surface area contributed by atoms with E-state index in [4.69, 9.17) is 18.9 Å². The Labute approximate surface area is 152 Å². The highest BCUT2D eigenvalue weighted by Gasteiger charge is 2.13. The number of amides is 1. The fourth-order valence-electron chi connectivity index (χ4n) is 2.66. The maximum absolute atomic E-state index is 12.2. The first-order valence-electron chi connectivity index (χ1n) is 8.21. The van der Waals surface area contributed by atoms with Gasteiger partial charge in [0, 0.05) is 6.08 Å². The third kappa shape index (κ3) is 3.91. The topological polar surface area (TPSA) is 66.0 Å². The van der Waals surface area contributed by atoms with Crippen molar-refractivity contribution in [2.45, 2.75) is 13.0 Å². The molecule has 1 amide bonds. The fraction of sp³-hybridized carbons (Fsp3) is 0.250. The maximum Gasteiger partial charge on any atom is 0.244 e. The number of rotatable bonds is 6. The van der Waals surface area contributed by atoms with Crippen LogP contribution in [0.1, 0.15) is 24.1 Å². The molecule has 1 heterocycles. The summed E-state index contributed by atoms with van der Waals surface area (Å²) >= 11 is 0. The van der Waals surface area contributed by atoms with Gasteiger partial charge in [0.2, 0.25) is 12.7 Å². The van der Waals surface area contributed by atoms with Crippen LogP contribution in [0.3, 0.4) is 0 Å². The van der Waals surface area contributed by atoms with Crippen LogP contribution in [0, 0.1) is 0 Å². The Morgan fingerprint density at radius 3 is 2.62 bits per heavy atom. The van der Waals surface area contributed by atoms with Crippen LogP contribution < -0.4 is 24.3 Å². The lowest BCUT2D eigenvalue weighted by Crippen LogP contribution is -2.24. The first-order chi connectivity index (χ1) is 12.6. The van der Waals surface area contributed by atoms with Gasteiger partial charge in [-0.15, -0.1) is 0 Å². The lowest BCUT2D eigenvalue weighted by Gasteiger charge is -2.15. The van der Waals surface area contributed by atoms with Crippen LogP contribution in [0.4, 0.5) is 0 Å². The minimum Gasteiger partial charge on any atom is -0.493 e. The molecular formula is C20H21NO5. The van der Waals surface area contributed by atoms with E-state index in [0.717, 1.165) is 11.1 Å². The van der Waals surface area contributed by atoms with Crippen molar-refractivity contribution < 1.29 is 23.7 Å². The van der Waals surface area contributed by atoms with Gasteiger partial charge in [-0.1, -0.05) is 12.1 Å². The summed E-state index contributed by atoms with van der Waals surface area (Å²) in [5.41, 5.74) is 1.79. The molecule has 26 heavy (non-hydrogen) atoms. The first kappa shape index (κ1) is 17.7. The maximum atomic E-state index is 12.2. The summed E-state index contributed by atoms with van der Waals surface area (Å²) in [6.07, 6.45) is 3.23. The van der Waals surface area contributed by atoms with Gasteiger partial charge in [0.25, 0.3) is 0 Å². The molecule has 0 aromatic heterocycles. The van der Waals surface area contributed by atoms with Crippen LogP contribution in [0.5, 0.6) is 23.0 Å². The van der Waals surface area contributed by atoms with Gasteiger partial charge in [-0.25, -0.2) is 0 Å². The second kappa shape index (κ2) is 7.82. The highest BCUT2D eigenvalue weighted by molar-refractivity contribution is 5.92. The number of benzene rings is 2. The van der Waals surface area contributed by atoms with Crippen molar-refractivity contribution in [3.63, 3.8) is 0 Å². The standard InChI is InChI=1S/C20H21NO5/c1-13(15-6-8-16(23-2)18(11-15)24-3)21-20(22)9-5-14-4-7-17-19(10-14)26-12-25-17/h4-11,13H,12H2,1-3H3,(H,21,22)/b9-5+/t13-/m0/s1. The van der Waals surface area contributed by atoms with E-state index in [2.05, 4.69) is 5.32 Å². The summed E-state index contributed by atoms with van der Waals surface area (Å²) in [5, 5.41) is 2.93. The molecule has 2 aromatic rings. The van der Waals surface area contributed by atoms with E-state index in [-0.39, 0.29) is 18.7 Å². The summed E-state index contributed by atoms with van der Waals surface area (Å²) in [4.78, 5) is 12.2. The third-order valence-electron chi connectivity index (χ3n) is 4.09. The second-order valence-electron chi connectivity index (χ2n) is 5.79. The van der Waals surface area contributed by atoms with Crippen molar-refractivity contribution >= 4 is 12.0 Å². The van der Waals surface area contributed by atoms with Gasteiger partial charge in [-0.05, 0) is 48.4 Å². The fourth-order valence-corrected chi connectivity index (χ4v) is 2.66. The monoisotopic (exact) mass is 355 g/mol. The average molecular weight is 355 g/mol. The molecule has 0 unspecified atom stereocenters. The Morgan fingerprint density at radius 1 is 1.08 bits per heavy atom. The second-order valence-corrected chi connectivity index (χ2v) is 5.79. The molecule has 1 N–H and O–H groups in total. The SMILES string of the molecule is COc1ccc([C@H](C)NC(=O)/C=C/c2ccc3c(c2)OCO3)cc1OC. The summed E-state index contributed by atoms with van der Waals surface area (Å²) in [6.45, 7) is 2.14. The minimum atomic E-state index is -0.190. The Hall–Kier alpha value is -3.15. The summed E-state index contributed by atoms with van der Waals surface area (Å²) in [6, 6.07) is 10.9. The predicted molar refractivity (Wildman–Crippen MR) is 97.7 cm³/mol. The molecular weight excluding hydrogens is 334 g/mol. The Balaban J connectivity index is 1.64. The van der Waals surface area contributed by atoms with E-state index in [9.17, 15) is 4.79 Å². The quantitative estimate of drug-likeness (QED) is 0.805. The van der Waals surface area contributed by atoms with Gasteiger partial charge in [0.05, 0.1) is 20.3 Å². The number of nitrogens with one attached hydrogen (secondary N) is 1. The number of methoxy groups -OCH3 is 2. The van der Waals surface area contributed by atoms with Crippen LogP contribution in [0.15, 0.2) is 42.5 Å². The molecule has 0 saturated heterocycles. The molecule has 6 nitrogen and oxygen atoms in total. The van der Waals surface area contributed by atoms with E-state index in [1.165, 1.54) is 6.08 Å². The zero-order valence-corrected chi connectivity index (χ0v) is 14.9. The van der Waals surface area contributed by atoms with E-state index in [1.54, 1.807) is 20.3 Å². The van der Waals surface area contributed by atoms with Gasteiger partial charge in [0.1, 0.15) is 0 Å². The Morgan fingerprint density at radius 2 is 1.85 bits per heavy atom. The molecule has 1 aliphatic heterocycles. The van der Waals surface area contributed by atoms with Crippen molar-refractivity contribution in [2.24, 2.45) is 0 Å². The normalized spacial score (nSPS) is 13.5. The molecule has 0 radical (unpaired) electrons. The van der Waals surface area contributed by atoms with Gasteiger partial charge < -0.3 is 24.3 Å². The van der Waals surface area contributed by atoms with Crippen molar-refractivity contribution in [2.75, 3.05) is 21.0 Å². The van der Waals surface area contributed by atoms with Crippen molar-refractivity contribution in [3.05, 3.63) is 53.6 Å². The molecule has 0 spiro atoms. The summed E-state index contributed by atoms with van der Waals surface area (Å²) in [7, 11) is 3.17. The van der Waals surface area contributed by atoms with Gasteiger partial charge in [0.15, 0.2) is 23.0 Å². The molecule has 0 fully saturated rings. The van der Waals surface area contributed by atoms with Crippen molar-refractivity contribution in [1.82, 2.24) is 5.32 Å². The predicted octanol–water partition coefficient (Wildman–Crippen LogP) is 3.32. The van der Waals surface area contributed by atoms with Gasteiger partial charge in [-0.2, -0.15) is 0 Å². The van der Waals surface area contributed by atoms with Crippen LogP contribution >= 0.6 is 0 Å². The molecule has 0 saturated carbocycles. The highest BCUT2D eigenvalue weighted by atomic mass is 16.7. The largest absolute Gasteiger partial charge is 0.493 e. The number of fused-ring (bicyclic) bond motifs is 1. The number of hydrogen-bond acceptors (Lipinski definition) is 5. The zero-order chi connectivity index (χ0) is 18.5. The van der Waals surface area contributed by atoms with Crippen molar-refractivity contribution in [3.8, 4) is 23.0 Å². The minimum absolute atomic E-state index is 0.177. The van der Waals surface area contributed by atoms with Crippen LogP contribution in [0.25, 0.3) is 6.08 Å². The molecule has 6 heteroatoms. The number of hydrogen-bond donors (Lipinski definition) is 1. The summed E-state index contributed by atoms with van der Waals surface area (Å²) in [5.74, 6) is 2.49. The number of carbonyl (C=O) groups excluding carboxylic acids is 1. The Kier molecular flexibility index (Phi) is 5.31. The average Bonchev–Trinajstić information content (AvgIpc) is 3.13. The summed E-state index contributed by atoms with van der Waals surface area (Å²) < 4.78 is 21.1. The molecule has 1 atom stereocenters. The first-order valence-corrected chi connectivity index (χ1v) is 8.21. The number of ether oxygens (including phenoxy) is 4. The molecule has 0 aliphatic carbocycles. The smallest absolute Gasteiger partial charge is 0.244 e. The van der Waals surface area contributed by atoms with E-state index in [1.807, 2.05) is 43.3 Å². The molecule has 0 bridgehead atoms. The lowest BCUT2D eigenvalue weighted by molar-refractivity contribution is -0.117. The van der Waals surface area contributed by atoms with E-state index >= 15 is 0 Å². The zero-order valence-electron chi connectivity index (χ0n) is 14.9. The van der Waals surface area contributed by atoms with Crippen LogP contribution in [-0.4, -0.2) is 26.9 Å². The molecule has 1 aliphatic rings. The Bertz CT molecular complexity index is 831. The third-order valence-corrected chi connectivity index (χ3v) is 4.09. The van der Waals surface area contributed by atoms with E-state index in [0.29, 0.717) is 23.0 Å². The lowest BCUT2D eigenvalue weighted by atomic mass is 10.1. The molecule has 2 aromatic carbocycles. The van der Waals surface area contributed by atoms with Gasteiger partial charge in [-0.3, -0.25) is 4.79 Å². The number of carbonyl (C=O) groups is 1. The van der Waals surface area contributed by atoms with Crippen LogP contribution in [0.2, 0.25) is 0 Å². The molecule has 3 rings (SSSR count).